The standard InChI is InChI=1S/C13H16N4S/c1-17-8-7-16-13(17)18-11(9-12(14)15)10-5-3-2-4-6-10/h2-8,11H,9H2,1H3,(H3,14,15). The molecule has 2 rings (SSSR count). The zero-order valence-electron chi connectivity index (χ0n) is 10.2. The third-order valence-electron chi connectivity index (χ3n) is 2.60. The molecule has 1 atom stereocenters. The lowest BCUT2D eigenvalue weighted by atomic mass is 10.1. The van der Waals surface area contributed by atoms with Crippen molar-refractivity contribution < 1.29 is 0 Å². The van der Waals surface area contributed by atoms with Crippen LogP contribution in [0.25, 0.3) is 0 Å². The minimum atomic E-state index is 0.129. The number of amidine groups is 1. The van der Waals surface area contributed by atoms with E-state index in [0.717, 1.165) is 5.16 Å². The van der Waals surface area contributed by atoms with E-state index in [0.29, 0.717) is 6.42 Å². The Balaban J connectivity index is 2.21. The predicted molar refractivity (Wildman–Crippen MR) is 74.8 cm³/mol. The van der Waals surface area contributed by atoms with Gasteiger partial charge < -0.3 is 10.3 Å². The van der Waals surface area contributed by atoms with Crippen molar-refractivity contribution in [2.24, 2.45) is 12.8 Å². The van der Waals surface area contributed by atoms with Crippen LogP contribution in [0.3, 0.4) is 0 Å². The van der Waals surface area contributed by atoms with Crippen LogP contribution >= 0.6 is 11.8 Å². The van der Waals surface area contributed by atoms with Crippen LogP contribution in [0.15, 0.2) is 47.9 Å². The van der Waals surface area contributed by atoms with E-state index < -0.39 is 0 Å². The Bertz CT molecular complexity index is 521. The van der Waals surface area contributed by atoms with E-state index >= 15 is 0 Å². The van der Waals surface area contributed by atoms with Gasteiger partial charge in [-0.05, 0) is 5.56 Å². The van der Waals surface area contributed by atoms with E-state index in [9.17, 15) is 0 Å². The fourth-order valence-electron chi connectivity index (χ4n) is 1.69. The second-order valence-corrected chi connectivity index (χ2v) is 5.24. The first-order chi connectivity index (χ1) is 8.66. The molecule has 0 amide bonds. The fourth-order valence-corrected chi connectivity index (χ4v) is 2.85. The Labute approximate surface area is 111 Å². The van der Waals surface area contributed by atoms with Gasteiger partial charge in [0.15, 0.2) is 5.16 Å². The summed E-state index contributed by atoms with van der Waals surface area (Å²) in [6, 6.07) is 10.1. The molecule has 94 valence electrons. The Hall–Kier alpha value is -1.75. The lowest BCUT2D eigenvalue weighted by Gasteiger charge is -2.15. The van der Waals surface area contributed by atoms with Crippen molar-refractivity contribution in [1.82, 2.24) is 9.55 Å². The van der Waals surface area contributed by atoms with E-state index in [1.807, 2.05) is 36.0 Å². The highest BCUT2D eigenvalue weighted by atomic mass is 32.2. The average molecular weight is 260 g/mol. The molecule has 2 aromatic rings. The minimum absolute atomic E-state index is 0.129. The summed E-state index contributed by atoms with van der Waals surface area (Å²) >= 11 is 1.63. The van der Waals surface area contributed by atoms with Crippen LogP contribution in [0, 0.1) is 5.41 Å². The van der Waals surface area contributed by atoms with Gasteiger partial charge in [0.25, 0.3) is 0 Å². The van der Waals surface area contributed by atoms with Crippen LogP contribution in [0.2, 0.25) is 0 Å². The van der Waals surface area contributed by atoms with E-state index in [1.165, 1.54) is 5.56 Å². The lowest BCUT2D eigenvalue weighted by Crippen LogP contribution is -2.13. The number of nitrogens with one attached hydrogen (secondary N) is 1. The van der Waals surface area contributed by atoms with Crippen molar-refractivity contribution >= 4 is 17.6 Å². The third-order valence-corrected chi connectivity index (χ3v) is 3.93. The van der Waals surface area contributed by atoms with Gasteiger partial charge in [0.1, 0.15) is 0 Å². The molecule has 18 heavy (non-hydrogen) atoms. The molecule has 0 bridgehead atoms. The van der Waals surface area contributed by atoms with Crippen LogP contribution in [0.4, 0.5) is 0 Å². The molecule has 0 aliphatic heterocycles. The Morgan fingerprint density at radius 1 is 1.44 bits per heavy atom. The largest absolute Gasteiger partial charge is 0.388 e. The van der Waals surface area contributed by atoms with Crippen LogP contribution in [0.1, 0.15) is 17.2 Å². The summed E-state index contributed by atoms with van der Waals surface area (Å²) in [5.74, 6) is 0.200. The van der Waals surface area contributed by atoms with Gasteiger partial charge in [0, 0.05) is 31.1 Å². The van der Waals surface area contributed by atoms with E-state index in [2.05, 4.69) is 17.1 Å². The van der Waals surface area contributed by atoms with Gasteiger partial charge in [0.2, 0.25) is 0 Å². The molecule has 1 aromatic carbocycles. The smallest absolute Gasteiger partial charge is 0.168 e. The lowest BCUT2D eigenvalue weighted by molar-refractivity contribution is 0.784. The Kier molecular flexibility index (Phi) is 4.04. The summed E-state index contributed by atoms with van der Waals surface area (Å²) in [6.45, 7) is 0. The fraction of sp³-hybridized carbons (Fsp3) is 0.231. The quantitative estimate of drug-likeness (QED) is 0.493. The van der Waals surface area contributed by atoms with Crippen LogP contribution in [-0.4, -0.2) is 15.4 Å². The highest BCUT2D eigenvalue weighted by Gasteiger charge is 2.16. The molecule has 0 saturated carbocycles. The summed E-state index contributed by atoms with van der Waals surface area (Å²) in [5.41, 5.74) is 6.71. The molecule has 0 aliphatic carbocycles. The van der Waals surface area contributed by atoms with E-state index in [1.54, 1.807) is 18.0 Å². The van der Waals surface area contributed by atoms with Crippen LogP contribution < -0.4 is 5.73 Å². The second-order valence-electron chi connectivity index (χ2n) is 4.07. The van der Waals surface area contributed by atoms with E-state index in [-0.39, 0.29) is 11.1 Å². The van der Waals surface area contributed by atoms with Gasteiger partial charge >= 0.3 is 0 Å². The number of hydrogen-bond acceptors (Lipinski definition) is 3. The average Bonchev–Trinajstić information content (AvgIpc) is 2.75. The molecule has 1 aromatic heterocycles. The molecular weight excluding hydrogens is 244 g/mol. The number of aryl methyl sites for hydroxylation is 1. The monoisotopic (exact) mass is 260 g/mol. The Morgan fingerprint density at radius 3 is 2.72 bits per heavy atom. The number of nitrogens with zero attached hydrogens (tertiary/aromatic N) is 2. The van der Waals surface area contributed by atoms with Crippen molar-refractivity contribution in [2.45, 2.75) is 16.8 Å². The normalized spacial score (nSPS) is 12.3. The van der Waals surface area contributed by atoms with Gasteiger partial charge in [-0.2, -0.15) is 0 Å². The molecule has 1 unspecified atom stereocenters. The number of rotatable bonds is 5. The molecule has 0 saturated heterocycles. The first-order valence-electron chi connectivity index (χ1n) is 5.68. The van der Waals surface area contributed by atoms with Gasteiger partial charge in [0.05, 0.1) is 5.84 Å². The molecular formula is C13H16N4S. The first-order valence-corrected chi connectivity index (χ1v) is 6.56. The molecule has 3 N–H and O–H groups in total. The second kappa shape index (κ2) is 5.73. The molecule has 1 heterocycles. The SMILES string of the molecule is Cn1ccnc1SC(CC(=N)N)c1ccccc1. The van der Waals surface area contributed by atoms with Crippen LogP contribution in [0.5, 0.6) is 0 Å². The number of aromatic nitrogens is 2. The summed E-state index contributed by atoms with van der Waals surface area (Å²) in [7, 11) is 1.96. The molecule has 4 nitrogen and oxygen atoms in total. The maximum atomic E-state index is 7.49. The van der Waals surface area contributed by atoms with Crippen molar-refractivity contribution in [3.8, 4) is 0 Å². The molecule has 0 radical (unpaired) electrons. The highest BCUT2D eigenvalue weighted by molar-refractivity contribution is 7.99. The molecule has 0 aliphatic rings. The van der Waals surface area contributed by atoms with Gasteiger partial charge in [-0.25, -0.2) is 4.98 Å². The van der Waals surface area contributed by atoms with Gasteiger partial charge in [-0.3, -0.25) is 5.41 Å². The number of hydrogen-bond donors (Lipinski definition) is 2. The number of nitrogens with two attached hydrogens (primary N) is 1. The number of thioether (sulfide) groups is 1. The summed E-state index contributed by atoms with van der Waals surface area (Å²) in [4.78, 5) is 4.30. The molecule has 5 heteroatoms. The summed E-state index contributed by atoms with van der Waals surface area (Å²) < 4.78 is 1.97. The molecule has 0 spiro atoms. The van der Waals surface area contributed by atoms with Crippen molar-refractivity contribution in [3.63, 3.8) is 0 Å². The zero-order chi connectivity index (χ0) is 13.0. The minimum Gasteiger partial charge on any atom is -0.388 e. The highest BCUT2D eigenvalue weighted by Crippen LogP contribution is 2.36. The van der Waals surface area contributed by atoms with E-state index in [4.69, 9.17) is 11.1 Å². The van der Waals surface area contributed by atoms with Crippen molar-refractivity contribution in [2.75, 3.05) is 0 Å². The van der Waals surface area contributed by atoms with Crippen LogP contribution in [-0.2, 0) is 7.05 Å². The first kappa shape index (κ1) is 12.7. The van der Waals surface area contributed by atoms with Crippen molar-refractivity contribution in [1.29, 1.82) is 5.41 Å². The molecule has 0 fully saturated rings. The van der Waals surface area contributed by atoms with Crippen molar-refractivity contribution in [3.05, 3.63) is 48.3 Å². The predicted octanol–water partition coefficient (Wildman–Crippen LogP) is 2.58. The third kappa shape index (κ3) is 3.13. The topological polar surface area (TPSA) is 67.7 Å². The number of imidazole rings is 1. The maximum Gasteiger partial charge on any atom is 0.168 e. The zero-order valence-corrected chi connectivity index (χ0v) is 11.0. The Morgan fingerprint density at radius 2 is 2.17 bits per heavy atom. The number of benzene rings is 1. The van der Waals surface area contributed by atoms with Gasteiger partial charge in [-0.1, -0.05) is 42.1 Å². The summed E-state index contributed by atoms with van der Waals surface area (Å²) in [6.07, 6.45) is 4.22. The van der Waals surface area contributed by atoms with Gasteiger partial charge in [-0.15, -0.1) is 0 Å². The maximum absolute atomic E-state index is 7.49. The summed E-state index contributed by atoms with van der Waals surface area (Å²) in [5, 5.41) is 8.56.